The van der Waals surface area contributed by atoms with E-state index in [1.54, 1.807) is 24.3 Å². The molecule has 9 nitrogen and oxygen atoms in total. The van der Waals surface area contributed by atoms with Gasteiger partial charge in [-0.05, 0) is 48.1 Å². The van der Waals surface area contributed by atoms with Gasteiger partial charge in [0.25, 0.3) is 11.9 Å². The number of benzene rings is 2. The molecule has 0 saturated heterocycles. The second-order valence-corrected chi connectivity index (χ2v) is 7.30. The summed E-state index contributed by atoms with van der Waals surface area (Å²) in [6.07, 6.45) is 0.552. The predicted molar refractivity (Wildman–Crippen MR) is 114 cm³/mol. The normalized spacial score (nSPS) is 15.0. The molecule has 5 N–H and O–H groups in total. The van der Waals surface area contributed by atoms with E-state index in [4.69, 9.17) is 5.73 Å². The highest BCUT2D eigenvalue weighted by atomic mass is 19.1. The van der Waals surface area contributed by atoms with E-state index in [0.717, 1.165) is 11.3 Å². The van der Waals surface area contributed by atoms with Crippen molar-refractivity contribution < 1.29 is 19.2 Å². The number of carbonyl (C=O) groups is 1. The van der Waals surface area contributed by atoms with Gasteiger partial charge in [0.15, 0.2) is 11.5 Å². The molecule has 3 aromatic rings. The number of amides is 1. The molecule has 0 bridgehead atoms. The Hall–Kier alpha value is -3.57. The van der Waals surface area contributed by atoms with Crippen LogP contribution in [0.5, 0.6) is 0 Å². The summed E-state index contributed by atoms with van der Waals surface area (Å²) in [5, 5.41) is 30.4. The second-order valence-electron chi connectivity index (χ2n) is 7.30. The summed E-state index contributed by atoms with van der Waals surface area (Å²) >= 11 is 0. The molecule has 2 aromatic carbocycles. The zero-order valence-electron chi connectivity index (χ0n) is 16.7. The summed E-state index contributed by atoms with van der Waals surface area (Å²) in [6.45, 7) is 2.14. The monoisotopic (exact) mass is 422 g/mol. The Morgan fingerprint density at radius 3 is 2.77 bits per heavy atom. The van der Waals surface area contributed by atoms with Crippen molar-refractivity contribution in [3.05, 3.63) is 65.1 Å². The topological polar surface area (TPSA) is 137 Å². The lowest BCUT2D eigenvalue weighted by Crippen LogP contribution is -2.32. The lowest BCUT2D eigenvalue weighted by molar-refractivity contribution is 0.0995. The number of primary amides is 1. The van der Waals surface area contributed by atoms with Crippen LogP contribution in [0.4, 0.5) is 21.8 Å². The van der Waals surface area contributed by atoms with E-state index >= 15 is 0 Å². The molecule has 0 aliphatic carbocycles. The highest BCUT2D eigenvalue weighted by Gasteiger charge is 2.33. The van der Waals surface area contributed by atoms with Crippen LogP contribution in [-0.4, -0.2) is 44.3 Å². The summed E-state index contributed by atoms with van der Waals surface area (Å²) in [7, 11) is -1.60. The number of hydrogen-bond donors (Lipinski definition) is 4. The van der Waals surface area contributed by atoms with E-state index in [1.165, 1.54) is 12.1 Å². The van der Waals surface area contributed by atoms with Crippen molar-refractivity contribution in [1.29, 1.82) is 0 Å². The Balaban J connectivity index is 1.70. The first-order valence-corrected chi connectivity index (χ1v) is 9.65. The highest BCUT2D eigenvalue weighted by molar-refractivity contribution is 6.59. The fourth-order valence-corrected chi connectivity index (χ4v) is 3.75. The van der Waals surface area contributed by atoms with Gasteiger partial charge in [-0.25, -0.2) is 4.39 Å². The fourth-order valence-electron chi connectivity index (χ4n) is 3.75. The number of nitrogens with zero attached hydrogens (tertiary/aromatic N) is 4. The maximum absolute atomic E-state index is 13.5. The molecular weight excluding hydrogens is 402 g/mol. The average Bonchev–Trinajstić information content (AvgIpc) is 3.07. The van der Waals surface area contributed by atoms with Crippen LogP contribution in [0.2, 0.25) is 0 Å². The van der Waals surface area contributed by atoms with Crippen molar-refractivity contribution in [1.82, 2.24) is 15.2 Å². The van der Waals surface area contributed by atoms with Crippen molar-refractivity contribution in [2.75, 3.05) is 10.2 Å². The van der Waals surface area contributed by atoms with Crippen LogP contribution in [0.1, 0.15) is 28.5 Å². The number of nitrogens with one attached hydrogen (secondary N) is 1. The van der Waals surface area contributed by atoms with Crippen LogP contribution >= 0.6 is 0 Å². The Morgan fingerprint density at radius 1 is 1.29 bits per heavy atom. The van der Waals surface area contributed by atoms with Crippen molar-refractivity contribution in [3.63, 3.8) is 0 Å². The van der Waals surface area contributed by atoms with Gasteiger partial charge in [-0.3, -0.25) is 4.79 Å². The molecule has 1 amide bonds. The molecule has 4 rings (SSSR count). The Bertz CT molecular complexity index is 1150. The summed E-state index contributed by atoms with van der Waals surface area (Å²) in [4.78, 5) is 18.1. The SMILES string of the molecule is CC1Cc2c(B(O)O)cccc2N1c1nnc(C(N)=O)c(NCc2cccc(F)c2)n1. The standard InChI is InChI=1S/C20H20BFN6O3/c1-11-8-14-15(21(30)31)6-3-7-16(14)28(11)20-25-19(17(18(23)29)26-27-20)24-10-12-4-2-5-13(22)9-12/h2-7,9,11,30-31H,8,10H2,1H3,(H2,23,29)(H,24,25,27). The third-order valence-electron chi connectivity index (χ3n) is 5.14. The molecule has 1 aromatic heterocycles. The largest absolute Gasteiger partial charge is 0.488 e. The van der Waals surface area contributed by atoms with Gasteiger partial charge >= 0.3 is 7.12 Å². The van der Waals surface area contributed by atoms with Gasteiger partial charge in [0.05, 0.1) is 0 Å². The fraction of sp³-hybridized carbons (Fsp3) is 0.200. The molecule has 0 fully saturated rings. The van der Waals surface area contributed by atoms with E-state index in [1.807, 2.05) is 17.9 Å². The van der Waals surface area contributed by atoms with Crippen molar-refractivity contribution >= 4 is 35.9 Å². The molecule has 1 aliphatic heterocycles. The number of carbonyl (C=O) groups excluding carboxylic acids is 1. The molecule has 0 spiro atoms. The third kappa shape index (κ3) is 4.05. The second kappa shape index (κ2) is 8.28. The molecule has 0 radical (unpaired) electrons. The van der Waals surface area contributed by atoms with Gasteiger partial charge < -0.3 is 26.0 Å². The van der Waals surface area contributed by atoms with Crippen LogP contribution in [0.25, 0.3) is 0 Å². The smallest absolute Gasteiger partial charge is 0.423 e. The lowest BCUT2D eigenvalue weighted by atomic mass is 9.76. The van der Waals surface area contributed by atoms with Gasteiger partial charge in [0, 0.05) is 18.3 Å². The van der Waals surface area contributed by atoms with E-state index in [2.05, 4.69) is 20.5 Å². The zero-order valence-corrected chi connectivity index (χ0v) is 16.7. The molecule has 2 heterocycles. The molecule has 31 heavy (non-hydrogen) atoms. The first-order chi connectivity index (χ1) is 14.8. The van der Waals surface area contributed by atoms with E-state index in [0.29, 0.717) is 17.4 Å². The van der Waals surface area contributed by atoms with Crippen molar-refractivity contribution in [3.8, 4) is 0 Å². The van der Waals surface area contributed by atoms with Crippen molar-refractivity contribution in [2.24, 2.45) is 5.73 Å². The minimum absolute atomic E-state index is 0.0906. The van der Waals surface area contributed by atoms with Crippen LogP contribution < -0.4 is 21.4 Å². The minimum Gasteiger partial charge on any atom is -0.423 e. The van der Waals surface area contributed by atoms with Gasteiger partial charge in [-0.2, -0.15) is 4.98 Å². The lowest BCUT2D eigenvalue weighted by Gasteiger charge is -2.23. The van der Waals surface area contributed by atoms with E-state index in [9.17, 15) is 19.2 Å². The number of aromatic nitrogens is 3. The highest BCUT2D eigenvalue weighted by Crippen LogP contribution is 2.36. The summed E-state index contributed by atoms with van der Waals surface area (Å²) in [5.74, 6) is -0.822. The van der Waals surface area contributed by atoms with Gasteiger partial charge in [-0.15, -0.1) is 10.2 Å². The van der Waals surface area contributed by atoms with Crippen LogP contribution in [0, 0.1) is 5.82 Å². The maximum atomic E-state index is 13.5. The Kier molecular flexibility index (Phi) is 5.53. The molecule has 158 valence electrons. The third-order valence-corrected chi connectivity index (χ3v) is 5.14. The van der Waals surface area contributed by atoms with E-state index in [-0.39, 0.29) is 35.9 Å². The van der Waals surface area contributed by atoms with Crippen LogP contribution in [0.3, 0.4) is 0 Å². The summed E-state index contributed by atoms with van der Waals surface area (Å²) < 4.78 is 13.5. The van der Waals surface area contributed by atoms with Crippen molar-refractivity contribution in [2.45, 2.75) is 25.9 Å². The van der Waals surface area contributed by atoms with Crippen LogP contribution in [-0.2, 0) is 13.0 Å². The summed E-state index contributed by atoms with van der Waals surface area (Å²) in [6, 6.07) is 11.1. The number of fused-ring (bicyclic) bond motifs is 1. The van der Waals surface area contributed by atoms with Gasteiger partial charge in [0.1, 0.15) is 5.82 Å². The predicted octanol–water partition coefficient (Wildman–Crippen LogP) is 0.484. The number of rotatable bonds is 6. The molecule has 1 aliphatic rings. The van der Waals surface area contributed by atoms with E-state index < -0.39 is 13.0 Å². The molecular formula is C20H20BFN6O3. The number of hydrogen-bond acceptors (Lipinski definition) is 8. The number of anilines is 3. The van der Waals surface area contributed by atoms with Crippen LogP contribution in [0.15, 0.2) is 42.5 Å². The molecule has 1 atom stereocenters. The average molecular weight is 422 g/mol. The first kappa shape index (κ1) is 20.7. The molecule has 1 unspecified atom stereocenters. The van der Waals surface area contributed by atoms with Gasteiger partial charge in [-0.1, -0.05) is 24.3 Å². The first-order valence-electron chi connectivity index (χ1n) is 9.65. The maximum Gasteiger partial charge on any atom is 0.488 e. The zero-order chi connectivity index (χ0) is 22.1. The van der Waals surface area contributed by atoms with Gasteiger partial charge in [0.2, 0.25) is 0 Å². The number of halogens is 1. The Labute approximate surface area is 177 Å². The Morgan fingerprint density at radius 2 is 2.06 bits per heavy atom. The minimum atomic E-state index is -1.60. The number of nitrogens with two attached hydrogens (primary N) is 1. The quantitative estimate of drug-likeness (QED) is 0.421. The summed E-state index contributed by atoms with van der Waals surface area (Å²) in [5.41, 5.74) is 7.85. The molecule has 0 saturated carbocycles. The molecule has 11 heteroatoms.